The summed E-state index contributed by atoms with van der Waals surface area (Å²) in [7, 11) is 1.36. The normalized spacial score (nSPS) is 25.5. The van der Waals surface area contributed by atoms with E-state index in [2.05, 4.69) is 25.6 Å². The van der Waals surface area contributed by atoms with Gasteiger partial charge < -0.3 is 10.1 Å². The number of fused-ring (bicyclic) bond motifs is 1. The lowest BCUT2D eigenvalue weighted by Crippen LogP contribution is -2.44. The Kier molecular flexibility index (Phi) is 6.54. The Hall–Kier alpha value is -1.25. The molecule has 1 aliphatic heterocycles. The van der Waals surface area contributed by atoms with E-state index >= 15 is 0 Å². The number of anilines is 1. The highest BCUT2D eigenvalue weighted by Gasteiger charge is 2.50. The molecule has 2 N–H and O–H groups in total. The Balaban J connectivity index is 0.00000208. The van der Waals surface area contributed by atoms with Crippen LogP contribution in [0.25, 0.3) is 0 Å². The van der Waals surface area contributed by atoms with E-state index in [0.29, 0.717) is 17.5 Å². The molecule has 1 saturated heterocycles. The van der Waals surface area contributed by atoms with Gasteiger partial charge in [-0.05, 0) is 25.3 Å². The number of rotatable bonds is 5. The van der Waals surface area contributed by atoms with E-state index in [9.17, 15) is 9.59 Å². The van der Waals surface area contributed by atoms with Crippen LogP contribution >= 0.6 is 23.7 Å². The molecule has 1 aliphatic carbocycles. The number of methoxy groups -OCH3 is 1. The first-order valence-corrected chi connectivity index (χ1v) is 8.87. The van der Waals surface area contributed by atoms with Crippen LogP contribution in [0.15, 0.2) is 0 Å². The molecule has 134 valence electrons. The van der Waals surface area contributed by atoms with Gasteiger partial charge in [0.05, 0.1) is 18.9 Å². The molecule has 2 fully saturated rings. The first-order valence-electron chi connectivity index (χ1n) is 8.05. The fourth-order valence-corrected chi connectivity index (χ4v) is 4.36. The Labute approximate surface area is 151 Å². The van der Waals surface area contributed by atoms with Gasteiger partial charge in [-0.15, -0.1) is 22.6 Å². The van der Waals surface area contributed by atoms with E-state index in [0.717, 1.165) is 37.4 Å². The molecule has 0 bridgehead atoms. The van der Waals surface area contributed by atoms with Gasteiger partial charge in [0.25, 0.3) is 0 Å². The van der Waals surface area contributed by atoms with Crippen molar-refractivity contribution in [2.75, 3.05) is 25.5 Å². The number of hydrogen-bond donors (Lipinski definition) is 2. The summed E-state index contributed by atoms with van der Waals surface area (Å²) < 4.78 is 4.61. The van der Waals surface area contributed by atoms with Crippen molar-refractivity contribution in [3.8, 4) is 0 Å². The maximum atomic E-state index is 12.8. The van der Waals surface area contributed by atoms with Gasteiger partial charge in [-0.1, -0.05) is 24.2 Å². The van der Waals surface area contributed by atoms with Gasteiger partial charge >= 0.3 is 5.97 Å². The molecule has 1 aromatic rings. The number of nitrogens with zero attached hydrogens (tertiary/aromatic N) is 2. The summed E-state index contributed by atoms with van der Waals surface area (Å²) in [6, 6.07) is 0. The first-order chi connectivity index (χ1) is 11.1. The van der Waals surface area contributed by atoms with Gasteiger partial charge in [0, 0.05) is 13.0 Å². The summed E-state index contributed by atoms with van der Waals surface area (Å²) in [5, 5.41) is 15.6. The minimum Gasteiger partial charge on any atom is -0.469 e. The Morgan fingerprint density at radius 2 is 2.25 bits per heavy atom. The zero-order valence-electron chi connectivity index (χ0n) is 13.7. The average molecular weight is 375 g/mol. The second-order valence-corrected chi connectivity index (χ2v) is 7.32. The molecule has 2 atom stereocenters. The van der Waals surface area contributed by atoms with Crippen molar-refractivity contribution in [1.82, 2.24) is 15.5 Å². The summed E-state index contributed by atoms with van der Waals surface area (Å²) in [5.74, 6) is 0.206. The lowest BCUT2D eigenvalue weighted by Gasteiger charge is -2.36. The lowest BCUT2D eigenvalue weighted by atomic mass is 9.68. The molecule has 2 heterocycles. The van der Waals surface area contributed by atoms with Crippen LogP contribution in [-0.2, 0) is 20.7 Å². The number of carbonyl (C=O) groups is 2. The molecule has 9 heteroatoms. The number of ether oxygens (including phenoxy) is 1. The number of nitrogens with one attached hydrogen (secondary N) is 2. The van der Waals surface area contributed by atoms with E-state index in [-0.39, 0.29) is 36.1 Å². The molecule has 0 radical (unpaired) electrons. The molecule has 3 rings (SSSR count). The van der Waals surface area contributed by atoms with Gasteiger partial charge in [0.15, 0.2) is 0 Å². The van der Waals surface area contributed by atoms with E-state index in [1.165, 1.54) is 24.9 Å². The van der Waals surface area contributed by atoms with Gasteiger partial charge in [-0.3, -0.25) is 14.9 Å². The predicted octanol–water partition coefficient (Wildman–Crippen LogP) is 1.78. The van der Waals surface area contributed by atoms with Crippen molar-refractivity contribution in [3.63, 3.8) is 0 Å². The third-order valence-corrected chi connectivity index (χ3v) is 5.85. The van der Waals surface area contributed by atoms with E-state index in [4.69, 9.17) is 0 Å². The molecular weight excluding hydrogens is 352 g/mol. The molecule has 2 aliphatic rings. The number of aromatic nitrogens is 2. The smallest absolute Gasteiger partial charge is 0.305 e. The molecule has 0 aromatic carbocycles. The monoisotopic (exact) mass is 374 g/mol. The van der Waals surface area contributed by atoms with Crippen LogP contribution in [0, 0.1) is 11.3 Å². The van der Waals surface area contributed by atoms with Crippen LogP contribution in [0.2, 0.25) is 0 Å². The third-order valence-electron chi connectivity index (χ3n) is 4.95. The zero-order chi connectivity index (χ0) is 16.3. The molecule has 1 saturated carbocycles. The van der Waals surface area contributed by atoms with Crippen molar-refractivity contribution in [3.05, 3.63) is 5.01 Å². The zero-order valence-corrected chi connectivity index (χ0v) is 15.3. The van der Waals surface area contributed by atoms with Crippen LogP contribution in [0.4, 0.5) is 5.13 Å². The van der Waals surface area contributed by atoms with E-state index in [1.807, 2.05) is 0 Å². The van der Waals surface area contributed by atoms with Crippen LogP contribution in [0.1, 0.15) is 37.1 Å². The molecule has 0 unspecified atom stereocenters. The number of carbonyl (C=O) groups excluding carboxylic acids is 2. The van der Waals surface area contributed by atoms with Gasteiger partial charge in [-0.25, -0.2) is 0 Å². The quantitative estimate of drug-likeness (QED) is 0.763. The van der Waals surface area contributed by atoms with Crippen molar-refractivity contribution in [2.24, 2.45) is 11.3 Å². The summed E-state index contributed by atoms with van der Waals surface area (Å²) in [5.41, 5.74) is -0.296. The van der Waals surface area contributed by atoms with E-state index in [1.54, 1.807) is 0 Å². The summed E-state index contributed by atoms with van der Waals surface area (Å²) in [4.78, 5) is 24.0. The van der Waals surface area contributed by atoms with Crippen molar-refractivity contribution < 1.29 is 14.3 Å². The molecule has 7 nitrogen and oxygen atoms in total. The number of esters is 1. The standard InChI is InChI=1S/C15H22N4O3S.ClH/c1-22-12(20)6-5-11-18-19-14(23-11)17-13(21)15-7-3-2-4-10(15)8-16-9-15;/h10,16H,2-9H2,1H3,(H,17,19,21);1H/t10-,15+;/m0./s1. The molecule has 1 amide bonds. The Morgan fingerprint density at radius 3 is 3.04 bits per heavy atom. The lowest BCUT2D eigenvalue weighted by molar-refractivity contribution is -0.140. The van der Waals surface area contributed by atoms with E-state index < -0.39 is 0 Å². The van der Waals surface area contributed by atoms with Crippen LogP contribution < -0.4 is 10.6 Å². The fourth-order valence-electron chi connectivity index (χ4n) is 3.63. The number of halogens is 1. The van der Waals surface area contributed by atoms with Gasteiger partial charge in [0.2, 0.25) is 11.0 Å². The molecule has 1 aromatic heterocycles. The maximum absolute atomic E-state index is 12.8. The Bertz CT molecular complexity index is 597. The SMILES string of the molecule is COC(=O)CCc1nnc(NC(=O)[C@@]23CCCC[C@H]2CNC3)s1.Cl. The van der Waals surface area contributed by atoms with Crippen LogP contribution in [-0.4, -0.2) is 42.3 Å². The van der Waals surface area contributed by atoms with Gasteiger partial charge in [-0.2, -0.15) is 0 Å². The van der Waals surface area contributed by atoms with Gasteiger partial charge in [0.1, 0.15) is 5.01 Å². The van der Waals surface area contributed by atoms with Crippen molar-refractivity contribution in [2.45, 2.75) is 38.5 Å². The predicted molar refractivity (Wildman–Crippen MR) is 93.4 cm³/mol. The largest absolute Gasteiger partial charge is 0.469 e. The Morgan fingerprint density at radius 1 is 1.42 bits per heavy atom. The summed E-state index contributed by atoms with van der Waals surface area (Å²) >= 11 is 1.33. The number of amides is 1. The van der Waals surface area contributed by atoms with Crippen molar-refractivity contribution >= 4 is 40.8 Å². The maximum Gasteiger partial charge on any atom is 0.305 e. The highest BCUT2D eigenvalue weighted by Crippen LogP contribution is 2.44. The topological polar surface area (TPSA) is 93.2 Å². The minimum absolute atomic E-state index is 0. The average Bonchev–Trinajstić information content (AvgIpc) is 3.19. The number of aryl methyl sites for hydroxylation is 1. The second-order valence-electron chi connectivity index (χ2n) is 6.26. The highest BCUT2D eigenvalue weighted by atomic mass is 35.5. The van der Waals surface area contributed by atoms with Crippen LogP contribution in [0.3, 0.4) is 0 Å². The second kappa shape index (κ2) is 8.22. The first kappa shape index (κ1) is 19.1. The number of hydrogen-bond acceptors (Lipinski definition) is 7. The third kappa shape index (κ3) is 3.87. The minimum atomic E-state index is -0.296. The summed E-state index contributed by atoms with van der Waals surface area (Å²) in [6.45, 7) is 1.67. The molecular formula is C15H23ClN4O3S. The molecule has 24 heavy (non-hydrogen) atoms. The van der Waals surface area contributed by atoms with Crippen molar-refractivity contribution in [1.29, 1.82) is 0 Å². The highest BCUT2D eigenvalue weighted by molar-refractivity contribution is 7.15. The fraction of sp³-hybridized carbons (Fsp3) is 0.733. The molecule has 0 spiro atoms. The summed E-state index contributed by atoms with van der Waals surface area (Å²) in [6.07, 6.45) is 5.11. The van der Waals surface area contributed by atoms with Crippen LogP contribution in [0.5, 0.6) is 0 Å².